The van der Waals surface area contributed by atoms with E-state index in [4.69, 9.17) is 4.74 Å². The molecule has 0 fully saturated rings. The van der Waals surface area contributed by atoms with E-state index in [1.54, 1.807) is 37.3 Å². The lowest BCUT2D eigenvalue weighted by atomic mass is 10.1. The van der Waals surface area contributed by atoms with E-state index >= 15 is 0 Å². The average Bonchev–Trinajstić information content (AvgIpc) is 3.41. The Hall–Kier alpha value is -3.17. The number of rotatable bonds is 8. The van der Waals surface area contributed by atoms with E-state index < -0.39 is 28.4 Å². The van der Waals surface area contributed by atoms with Crippen LogP contribution in [0.3, 0.4) is 0 Å². The van der Waals surface area contributed by atoms with Gasteiger partial charge in [-0.3, -0.25) is 9.10 Å². The molecule has 1 aliphatic rings. The van der Waals surface area contributed by atoms with Crippen LogP contribution in [0.1, 0.15) is 45.3 Å². The molecule has 0 aliphatic heterocycles. The second-order valence-corrected chi connectivity index (χ2v) is 11.3. The Morgan fingerprint density at radius 1 is 1.06 bits per heavy atom. The number of benzene rings is 2. The zero-order valence-corrected chi connectivity index (χ0v) is 21.6. The zero-order chi connectivity index (χ0) is 25.2. The van der Waals surface area contributed by atoms with E-state index in [-0.39, 0.29) is 11.5 Å². The molecule has 0 bridgehead atoms. The van der Waals surface area contributed by atoms with Crippen LogP contribution in [0.5, 0.6) is 0 Å². The lowest BCUT2D eigenvalue weighted by Gasteiger charge is -2.26. The molecule has 1 amide bonds. The number of carbonyl (C=O) groups excluding carboxylic acids is 2. The van der Waals surface area contributed by atoms with Crippen LogP contribution in [0, 0.1) is 13.8 Å². The molecule has 7 nitrogen and oxygen atoms in total. The lowest BCUT2D eigenvalue weighted by Crippen LogP contribution is -2.38. The Balaban J connectivity index is 1.69. The van der Waals surface area contributed by atoms with E-state index in [2.05, 4.69) is 5.32 Å². The Bertz CT molecular complexity index is 1360. The molecule has 9 heteroatoms. The number of aryl methyl sites for hydroxylation is 2. The number of esters is 1. The van der Waals surface area contributed by atoms with Crippen LogP contribution in [0.4, 0.5) is 10.7 Å². The van der Waals surface area contributed by atoms with Crippen molar-refractivity contribution >= 4 is 43.9 Å². The van der Waals surface area contributed by atoms with Gasteiger partial charge in [0.15, 0.2) is 0 Å². The summed E-state index contributed by atoms with van der Waals surface area (Å²) in [6, 6.07) is 13.4. The van der Waals surface area contributed by atoms with Crippen LogP contribution >= 0.6 is 11.3 Å². The van der Waals surface area contributed by atoms with Gasteiger partial charge in [0, 0.05) is 4.88 Å². The van der Waals surface area contributed by atoms with Gasteiger partial charge in [-0.05, 0) is 74.9 Å². The summed E-state index contributed by atoms with van der Waals surface area (Å²) in [4.78, 5) is 27.1. The minimum Gasteiger partial charge on any atom is -0.462 e. The number of carbonyl (C=O) groups is 2. The molecule has 0 saturated carbocycles. The van der Waals surface area contributed by atoms with Gasteiger partial charge in [0.05, 0.1) is 22.8 Å². The second kappa shape index (κ2) is 10.2. The summed E-state index contributed by atoms with van der Waals surface area (Å²) < 4.78 is 33.6. The van der Waals surface area contributed by atoms with E-state index in [1.807, 2.05) is 19.9 Å². The smallest absolute Gasteiger partial charge is 0.341 e. The van der Waals surface area contributed by atoms with Crippen LogP contribution in [0.25, 0.3) is 0 Å². The number of anilines is 2. The van der Waals surface area contributed by atoms with Crippen LogP contribution in [0.15, 0.2) is 53.4 Å². The van der Waals surface area contributed by atoms with Gasteiger partial charge in [-0.2, -0.15) is 0 Å². The first-order chi connectivity index (χ1) is 16.7. The summed E-state index contributed by atoms with van der Waals surface area (Å²) in [6.07, 6.45) is 2.56. The first kappa shape index (κ1) is 24.9. The highest BCUT2D eigenvalue weighted by Crippen LogP contribution is 2.39. The SMILES string of the molecule is CCOC(=O)c1c(NC(=O)CN(c2cccc(C)c2C)S(=O)(=O)c2ccccc2)sc2c1CCC2. The molecule has 4 rings (SSSR count). The maximum absolute atomic E-state index is 13.6. The van der Waals surface area contributed by atoms with Gasteiger partial charge < -0.3 is 10.1 Å². The summed E-state index contributed by atoms with van der Waals surface area (Å²) in [7, 11) is -4.03. The third-order valence-electron chi connectivity index (χ3n) is 6.12. The predicted octanol–water partition coefficient (Wildman–Crippen LogP) is 4.86. The summed E-state index contributed by atoms with van der Waals surface area (Å²) >= 11 is 1.36. The van der Waals surface area contributed by atoms with Crippen molar-refractivity contribution in [3.8, 4) is 0 Å². The van der Waals surface area contributed by atoms with Crippen LogP contribution in [0.2, 0.25) is 0 Å². The monoisotopic (exact) mass is 512 g/mol. The van der Waals surface area contributed by atoms with E-state index in [1.165, 1.54) is 23.5 Å². The Kier molecular flexibility index (Phi) is 7.28. The minimum absolute atomic E-state index is 0.0935. The quantitative estimate of drug-likeness (QED) is 0.435. The van der Waals surface area contributed by atoms with Gasteiger partial charge >= 0.3 is 5.97 Å². The second-order valence-electron chi connectivity index (χ2n) is 8.37. The van der Waals surface area contributed by atoms with Crippen LogP contribution < -0.4 is 9.62 Å². The van der Waals surface area contributed by atoms with Crippen molar-refractivity contribution in [3.63, 3.8) is 0 Å². The molecule has 35 heavy (non-hydrogen) atoms. The maximum Gasteiger partial charge on any atom is 0.341 e. The molecule has 1 N–H and O–H groups in total. The van der Waals surface area contributed by atoms with Crippen LogP contribution in [-0.2, 0) is 32.4 Å². The highest BCUT2D eigenvalue weighted by atomic mass is 32.2. The largest absolute Gasteiger partial charge is 0.462 e. The van der Waals surface area contributed by atoms with Gasteiger partial charge in [-0.25, -0.2) is 13.2 Å². The van der Waals surface area contributed by atoms with Crippen LogP contribution in [-0.4, -0.2) is 33.4 Å². The summed E-state index contributed by atoms with van der Waals surface area (Å²) in [5.41, 5.74) is 3.43. The third-order valence-corrected chi connectivity index (χ3v) is 9.10. The first-order valence-corrected chi connectivity index (χ1v) is 13.7. The Labute approximate surface area is 209 Å². The number of nitrogens with one attached hydrogen (secondary N) is 1. The fraction of sp³-hybridized carbons (Fsp3) is 0.308. The Morgan fingerprint density at radius 3 is 2.51 bits per heavy atom. The number of fused-ring (bicyclic) bond motifs is 1. The normalized spacial score (nSPS) is 12.8. The zero-order valence-electron chi connectivity index (χ0n) is 20.0. The molecule has 0 unspecified atom stereocenters. The molecule has 0 saturated heterocycles. The van der Waals surface area contributed by atoms with Gasteiger partial charge in [0.25, 0.3) is 10.0 Å². The molecular weight excluding hydrogens is 484 g/mol. The minimum atomic E-state index is -4.03. The molecule has 2 aromatic carbocycles. The van der Waals surface area contributed by atoms with Gasteiger partial charge in [-0.15, -0.1) is 11.3 Å². The summed E-state index contributed by atoms with van der Waals surface area (Å²) in [5, 5.41) is 3.22. The summed E-state index contributed by atoms with van der Waals surface area (Å²) in [5.74, 6) is -0.999. The predicted molar refractivity (Wildman–Crippen MR) is 138 cm³/mol. The number of thiophene rings is 1. The molecule has 0 spiro atoms. The molecule has 1 aromatic heterocycles. The van der Waals surface area contributed by atoms with E-state index in [9.17, 15) is 18.0 Å². The maximum atomic E-state index is 13.6. The Morgan fingerprint density at radius 2 is 1.80 bits per heavy atom. The van der Waals surface area contributed by atoms with Crippen molar-refractivity contribution < 1.29 is 22.7 Å². The van der Waals surface area contributed by atoms with E-state index in [0.29, 0.717) is 16.3 Å². The summed E-state index contributed by atoms with van der Waals surface area (Å²) in [6.45, 7) is 5.25. The van der Waals surface area contributed by atoms with Crippen molar-refractivity contribution in [1.82, 2.24) is 0 Å². The average molecular weight is 513 g/mol. The van der Waals surface area contributed by atoms with Crippen molar-refractivity contribution in [2.75, 3.05) is 22.8 Å². The first-order valence-electron chi connectivity index (χ1n) is 11.5. The van der Waals surface area contributed by atoms with Crippen molar-refractivity contribution in [1.29, 1.82) is 0 Å². The molecule has 1 aliphatic carbocycles. The molecular formula is C26H28N2O5S2. The van der Waals surface area contributed by atoms with Crippen molar-refractivity contribution in [3.05, 3.63) is 75.7 Å². The van der Waals surface area contributed by atoms with Gasteiger partial charge in [0.1, 0.15) is 11.5 Å². The van der Waals surface area contributed by atoms with Gasteiger partial charge in [0.2, 0.25) is 5.91 Å². The van der Waals surface area contributed by atoms with Crippen molar-refractivity contribution in [2.45, 2.75) is 44.9 Å². The number of sulfonamides is 1. The molecule has 0 radical (unpaired) electrons. The highest BCUT2D eigenvalue weighted by Gasteiger charge is 2.31. The number of hydrogen-bond donors (Lipinski definition) is 1. The molecule has 1 heterocycles. The number of hydrogen-bond acceptors (Lipinski definition) is 6. The molecule has 0 atom stereocenters. The van der Waals surface area contributed by atoms with Gasteiger partial charge in [-0.1, -0.05) is 30.3 Å². The fourth-order valence-corrected chi connectivity index (χ4v) is 7.03. The number of nitrogens with zero attached hydrogens (tertiary/aromatic N) is 1. The lowest BCUT2D eigenvalue weighted by molar-refractivity contribution is -0.114. The highest BCUT2D eigenvalue weighted by molar-refractivity contribution is 7.92. The van der Waals surface area contributed by atoms with E-state index in [0.717, 1.165) is 45.1 Å². The number of ether oxygens (including phenoxy) is 1. The number of amides is 1. The third kappa shape index (κ3) is 4.97. The standard InChI is InChI=1S/C26H28N2O5S2/c1-4-33-26(30)24-20-13-9-15-22(20)34-25(24)27-23(29)16-28(21-14-8-10-17(2)18(21)3)35(31,32)19-11-6-5-7-12-19/h5-8,10-12,14H,4,9,13,15-16H2,1-3H3,(H,27,29). The topological polar surface area (TPSA) is 92.8 Å². The van der Waals surface area contributed by atoms with Crippen molar-refractivity contribution in [2.24, 2.45) is 0 Å². The fourth-order valence-electron chi connectivity index (χ4n) is 4.23. The molecule has 184 valence electrons. The molecule has 3 aromatic rings.